The van der Waals surface area contributed by atoms with Gasteiger partial charge in [0.15, 0.2) is 11.4 Å². The third-order valence-corrected chi connectivity index (χ3v) is 6.11. The second-order valence-electron chi connectivity index (χ2n) is 9.39. The standard InChI is InChI=1S/C32H35N3O5/c1-5-6-8-11-23(3)21-40-28-18-24(4)35(20-25-12-9-7-10-13-25)31(38)30(28)34-32(39)33-27(19-29(36)37)26-16-14-22(2)15-17-26/h5-18,27H,3,19-21H2,1-2,4H3,(H,36,37)(H2,33,34,39)/b6-5-,11-8-/t27-/m0/s1. The zero-order valence-corrected chi connectivity index (χ0v) is 23.0. The molecule has 8 nitrogen and oxygen atoms in total. The highest BCUT2D eigenvalue weighted by atomic mass is 16.5. The molecule has 0 bridgehead atoms. The highest BCUT2D eigenvalue weighted by Crippen LogP contribution is 2.24. The maximum absolute atomic E-state index is 13.7. The summed E-state index contributed by atoms with van der Waals surface area (Å²) in [6.45, 7) is 9.98. The molecule has 0 unspecified atom stereocenters. The first-order valence-corrected chi connectivity index (χ1v) is 12.9. The Bertz CT molecular complexity index is 1450. The van der Waals surface area contributed by atoms with Gasteiger partial charge in [-0.3, -0.25) is 9.59 Å². The van der Waals surface area contributed by atoms with E-state index in [2.05, 4.69) is 17.2 Å². The minimum Gasteiger partial charge on any atom is -0.486 e. The molecule has 3 N–H and O–H groups in total. The molecular formula is C32H35N3O5. The fourth-order valence-corrected chi connectivity index (χ4v) is 3.99. The van der Waals surface area contributed by atoms with Gasteiger partial charge in [0.25, 0.3) is 5.56 Å². The number of aromatic nitrogens is 1. The molecule has 40 heavy (non-hydrogen) atoms. The molecule has 3 rings (SSSR count). The molecule has 1 atom stereocenters. The summed E-state index contributed by atoms with van der Waals surface area (Å²) < 4.78 is 7.49. The number of carbonyl (C=O) groups excluding carboxylic acids is 1. The lowest BCUT2D eigenvalue weighted by atomic mass is 10.0. The summed E-state index contributed by atoms with van der Waals surface area (Å²) in [4.78, 5) is 38.4. The van der Waals surface area contributed by atoms with Crippen LogP contribution in [0.2, 0.25) is 0 Å². The number of hydrogen-bond acceptors (Lipinski definition) is 4. The third kappa shape index (κ3) is 8.59. The van der Waals surface area contributed by atoms with E-state index < -0.39 is 23.6 Å². The number of aryl methyl sites for hydroxylation is 2. The number of carbonyl (C=O) groups is 2. The van der Waals surface area contributed by atoms with Crippen molar-refractivity contribution < 1.29 is 19.4 Å². The number of carboxylic acid groups (broad SMARTS) is 1. The predicted octanol–water partition coefficient (Wildman–Crippen LogP) is 5.92. The monoisotopic (exact) mass is 541 g/mol. The topological polar surface area (TPSA) is 110 Å². The number of amides is 2. The lowest BCUT2D eigenvalue weighted by molar-refractivity contribution is -0.137. The fourth-order valence-electron chi connectivity index (χ4n) is 3.99. The minimum absolute atomic E-state index is 0.0535. The van der Waals surface area contributed by atoms with E-state index in [0.29, 0.717) is 23.4 Å². The van der Waals surface area contributed by atoms with Crippen LogP contribution in [0.4, 0.5) is 10.5 Å². The highest BCUT2D eigenvalue weighted by molar-refractivity contribution is 5.91. The van der Waals surface area contributed by atoms with Gasteiger partial charge in [0.2, 0.25) is 0 Å². The molecule has 0 fully saturated rings. The van der Waals surface area contributed by atoms with Crippen molar-refractivity contribution in [2.75, 3.05) is 11.9 Å². The van der Waals surface area contributed by atoms with Crippen LogP contribution in [-0.2, 0) is 11.3 Å². The van der Waals surface area contributed by atoms with Gasteiger partial charge in [0.05, 0.1) is 19.0 Å². The molecule has 0 aliphatic rings. The van der Waals surface area contributed by atoms with E-state index >= 15 is 0 Å². The van der Waals surface area contributed by atoms with E-state index in [1.807, 2.05) is 74.5 Å². The summed E-state index contributed by atoms with van der Waals surface area (Å²) in [5.41, 5.74) is 3.37. The number of pyridine rings is 1. The first kappa shape index (κ1) is 29.7. The van der Waals surface area contributed by atoms with Crippen LogP contribution in [0.5, 0.6) is 5.75 Å². The number of ether oxygens (including phenoxy) is 1. The Kier molecular flexibility index (Phi) is 10.7. The van der Waals surface area contributed by atoms with Gasteiger partial charge < -0.3 is 25.0 Å². The van der Waals surface area contributed by atoms with Crippen molar-refractivity contribution >= 4 is 17.7 Å². The first-order chi connectivity index (χ1) is 19.2. The first-order valence-electron chi connectivity index (χ1n) is 12.9. The molecule has 208 valence electrons. The second kappa shape index (κ2) is 14.3. The molecule has 0 saturated carbocycles. The summed E-state index contributed by atoms with van der Waals surface area (Å²) in [6, 6.07) is 16.9. The summed E-state index contributed by atoms with van der Waals surface area (Å²) >= 11 is 0. The van der Waals surface area contributed by atoms with Gasteiger partial charge in [0.1, 0.15) is 6.61 Å². The molecule has 0 aliphatic heterocycles. The number of urea groups is 1. The Balaban J connectivity index is 1.93. The van der Waals surface area contributed by atoms with Gasteiger partial charge in [-0.05, 0) is 37.5 Å². The average molecular weight is 542 g/mol. The molecule has 8 heteroatoms. The van der Waals surface area contributed by atoms with E-state index in [0.717, 1.165) is 11.1 Å². The molecular weight excluding hydrogens is 506 g/mol. The molecule has 1 heterocycles. The number of nitrogens with zero attached hydrogens (tertiary/aromatic N) is 1. The number of aliphatic carboxylic acids is 1. The van der Waals surface area contributed by atoms with Crippen LogP contribution in [-0.4, -0.2) is 28.3 Å². The lowest BCUT2D eigenvalue weighted by Crippen LogP contribution is -2.36. The number of nitrogens with one attached hydrogen (secondary N) is 2. The van der Waals surface area contributed by atoms with Crippen molar-refractivity contribution in [3.8, 4) is 5.75 Å². The van der Waals surface area contributed by atoms with Gasteiger partial charge in [-0.2, -0.15) is 0 Å². The molecule has 2 aromatic carbocycles. The zero-order chi connectivity index (χ0) is 29.1. The van der Waals surface area contributed by atoms with Crippen molar-refractivity contribution in [1.82, 2.24) is 9.88 Å². The van der Waals surface area contributed by atoms with Crippen molar-refractivity contribution in [2.24, 2.45) is 0 Å². The number of rotatable bonds is 12. The van der Waals surface area contributed by atoms with Crippen LogP contribution in [0.1, 0.15) is 41.8 Å². The molecule has 0 saturated heterocycles. The van der Waals surface area contributed by atoms with Crippen LogP contribution in [0.25, 0.3) is 0 Å². The van der Waals surface area contributed by atoms with Crippen LogP contribution in [0.15, 0.2) is 102 Å². The fraction of sp³-hybridized carbons (Fsp3) is 0.219. The predicted molar refractivity (Wildman–Crippen MR) is 158 cm³/mol. The quantitative estimate of drug-likeness (QED) is 0.247. The highest BCUT2D eigenvalue weighted by Gasteiger charge is 2.22. The Morgan fingerprint density at radius 2 is 1.77 bits per heavy atom. The van der Waals surface area contributed by atoms with Crippen molar-refractivity contribution in [2.45, 2.75) is 39.8 Å². The minimum atomic E-state index is -1.07. The maximum atomic E-state index is 13.7. The maximum Gasteiger partial charge on any atom is 0.319 e. The van der Waals surface area contributed by atoms with Crippen LogP contribution >= 0.6 is 0 Å². The van der Waals surface area contributed by atoms with E-state index in [1.165, 1.54) is 0 Å². The van der Waals surface area contributed by atoms with Gasteiger partial charge in [-0.25, -0.2) is 4.79 Å². The number of benzene rings is 2. The Labute approximate surface area is 234 Å². The van der Waals surface area contributed by atoms with Crippen molar-refractivity contribution in [1.29, 1.82) is 0 Å². The van der Waals surface area contributed by atoms with E-state index in [-0.39, 0.29) is 24.5 Å². The van der Waals surface area contributed by atoms with Crippen LogP contribution in [0, 0.1) is 13.8 Å². The smallest absolute Gasteiger partial charge is 0.319 e. The Morgan fingerprint density at radius 1 is 1.07 bits per heavy atom. The van der Waals surface area contributed by atoms with E-state index in [1.54, 1.807) is 35.8 Å². The molecule has 0 radical (unpaired) electrons. The average Bonchev–Trinajstić information content (AvgIpc) is 2.92. The van der Waals surface area contributed by atoms with Gasteiger partial charge >= 0.3 is 12.0 Å². The van der Waals surface area contributed by atoms with E-state index in [9.17, 15) is 19.5 Å². The summed E-state index contributed by atoms with van der Waals surface area (Å²) in [6.07, 6.45) is 7.04. The molecule has 0 spiro atoms. The number of hydrogen-bond donors (Lipinski definition) is 3. The van der Waals surface area contributed by atoms with E-state index in [4.69, 9.17) is 4.74 Å². The molecule has 0 aliphatic carbocycles. The SMILES string of the molecule is C=C(/C=C\C=C/C)COc1cc(C)n(Cc2ccccc2)c(=O)c1NC(=O)N[C@@H](CC(=O)O)c1ccc(C)cc1. The molecule has 3 aromatic rings. The normalized spacial score (nSPS) is 11.9. The largest absolute Gasteiger partial charge is 0.486 e. The van der Waals surface area contributed by atoms with Crippen molar-refractivity contribution in [3.05, 3.63) is 130 Å². The van der Waals surface area contributed by atoms with Gasteiger partial charge in [0, 0.05) is 11.8 Å². The van der Waals surface area contributed by atoms with Crippen LogP contribution in [0.3, 0.4) is 0 Å². The summed E-state index contributed by atoms with van der Waals surface area (Å²) in [7, 11) is 0. The Hall–Kier alpha value is -4.85. The van der Waals surface area contributed by atoms with Gasteiger partial charge in [-0.15, -0.1) is 0 Å². The number of allylic oxidation sites excluding steroid dienone is 3. The number of anilines is 1. The third-order valence-electron chi connectivity index (χ3n) is 6.11. The molecule has 1 aromatic heterocycles. The second-order valence-corrected chi connectivity index (χ2v) is 9.39. The zero-order valence-electron chi connectivity index (χ0n) is 23.0. The number of carboxylic acids is 1. The Morgan fingerprint density at radius 3 is 2.42 bits per heavy atom. The summed E-state index contributed by atoms with van der Waals surface area (Å²) in [5.74, 6) is -0.882. The molecule has 2 amide bonds. The van der Waals surface area contributed by atoms with Crippen LogP contribution < -0.4 is 20.9 Å². The van der Waals surface area contributed by atoms with Crippen molar-refractivity contribution in [3.63, 3.8) is 0 Å². The van der Waals surface area contributed by atoms with Gasteiger partial charge in [-0.1, -0.05) is 91.0 Å². The summed E-state index contributed by atoms with van der Waals surface area (Å²) in [5, 5.41) is 14.8. The lowest BCUT2D eigenvalue weighted by Gasteiger charge is -2.20.